The maximum atomic E-state index is 12.6. The minimum absolute atomic E-state index is 0.329. The van der Waals surface area contributed by atoms with Gasteiger partial charge in [0, 0.05) is 5.02 Å². The van der Waals surface area contributed by atoms with Crippen LogP contribution in [0.3, 0.4) is 0 Å². The van der Waals surface area contributed by atoms with Crippen molar-refractivity contribution in [2.75, 3.05) is 5.32 Å². The molecule has 0 fully saturated rings. The van der Waals surface area contributed by atoms with Gasteiger partial charge in [0.15, 0.2) is 5.75 Å². The van der Waals surface area contributed by atoms with E-state index in [1.54, 1.807) is 30.3 Å². The molecular weight excluding hydrogens is 357 g/mol. The molecule has 0 saturated carbocycles. The van der Waals surface area contributed by atoms with E-state index in [4.69, 9.17) is 27.9 Å². The number of halogens is 2. The summed E-state index contributed by atoms with van der Waals surface area (Å²) in [5, 5.41) is 3.70. The zero-order valence-electron chi connectivity index (χ0n) is 13.4. The van der Waals surface area contributed by atoms with Crippen molar-refractivity contribution in [3.05, 3.63) is 87.9 Å². The highest BCUT2D eigenvalue weighted by molar-refractivity contribution is 6.34. The van der Waals surface area contributed by atoms with E-state index in [2.05, 4.69) is 5.32 Å². The second-order valence-corrected chi connectivity index (χ2v) is 6.34. The van der Waals surface area contributed by atoms with E-state index in [1.165, 1.54) is 0 Å². The fourth-order valence-electron chi connectivity index (χ4n) is 2.30. The topological polar surface area (TPSA) is 38.3 Å². The van der Waals surface area contributed by atoms with Gasteiger partial charge in [-0.3, -0.25) is 4.79 Å². The fraction of sp³-hybridized carbons (Fsp3) is 0.0500. The molecule has 3 aromatic carbocycles. The van der Waals surface area contributed by atoms with Crippen LogP contribution in [0.2, 0.25) is 10.0 Å². The molecule has 0 aliphatic heterocycles. The zero-order valence-corrected chi connectivity index (χ0v) is 14.9. The van der Waals surface area contributed by atoms with Crippen LogP contribution in [0, 0.1) is 6.92 Å². The van der Waals surface area contributed by atoms with E-state index in [1.807, 2.05) is 43.3 Å². The van der Waals surface area contributed by atoms with Gasteiger partial charge in [-0.2, -0.15) is 0 Å². The summed E-state index contributed by atoms with van der Waals surface area (Å²) < 4.78 is 5.84. The SMILES string of the molecule is Cc1ccc(C(=O)Nc2cc(Cl)ccc2Oc2ccccc2)c(Cl)c1. The highest BCUT2D eigenvalue weighted by atomic mass is 35.5. The molecule has 0 unspecified atom stereocenters. The third-order valence-electron chi connectivity index (χ3n) is 3.53. The monoisotopic (exact) mass is 371 g/mol. The molecule has 3 rings (SSSR count). The Kier molecular flexibility index (Phi) is 5.27. The summed E-state index contributed by atoms with van der Waals surface area (Å²) in [6, 6.07) is 19.6. The lowest BCUT2D eigenvalue weighted by Crippen LogP contribution is -2.13. The Balaban J connectivity index is 1.88. The molecule has 0 atom stereocenters. The smallest absolute Gasteiger partial charge is 0.257 e. The van der Waals surface area contributed by atoms with E-state index in [0.717, 1.165) is 5.56 Å². The van der Waals surface area contributed by atoms with Gasteiger partial charge in [-0.15, -0.1) is 0 Å². The predicted octanol–water partition coefficient (Wildman–Crippen LogP) is 6.35. The van der Waals surface area contributed by atoms with Gasteiger partial charge in [0.05, 0.1) is 16.3 Å². The van der Waals surface area contributed by atoms with E-state index >= 15 is 0 Å². The number of aryl methyl sites for hydroxylation is 1. The Labute approximate surface area is 156 Å². The highest BCUT2D eigenvalue weighted by Crippen LogP contribution is 2.32. The molecule has 0 heterocycles. The van der Waals surface area contributed by atoms with Gasteiger partial charge in [-0.05, 0) is 55.0 Å². The molecule has 5 heteroatoms. The molecular formula is C20H15Cl2NO2. The quantitative estimate of drug-likeness (QED) is 0.580. The van der Waals surface area contributed by atoms with E-state index in [0.29, 0.717) is 32.8 Å². The van der Waals surface area contributed by atoms with Crippen LogP contribution in [0.1, 0.15) is 15.9 Å². The first-order valence-corrected chi connectivity index (χ1v) is 8.38. The lowest BCUT2D eigenvalue weighted by molar-refractivity contribution is 0.102. The molecule has 0 aliphatic carbocycles. The lowest BCUT2D eigenvalue weighted by atomic mass is 10.1. The van der Waals surface area contributed by atoms with Gasteiger partial charge in [0.25, 0.3) is 5.91 Å². The third-order valence-corrected chi connectivity index (χ3v) is 4.08. The summed E-state index contributed by atoms with van der Waals surface area (Å²) in [6.07, 6.45) is 0. The minimum Gasteiger partial charge on any atom is -0.455 e. The zero-order chi connectivity index (χ0) is 17.8. The number of amides is 1. The van der Waals surface area contributed by atoms with Gasteiger partial charge in [0.1, 0.15) is 5.75 Å². The normalized spacial score (nSPS) is 10.4. The molecule has 0 aromatic heterocycles. The van der Waals surface area contributed by atoms with E-state index in [-0.39, 0.29) is 5.91 Å². The lowest BCUT2D eigenvalue weighted by Gasteiger charge is -2.13. The number of anilines is 1. The van der Waals surface area contributed by atoms with Crippen LogP contribution in [-0.4, -0.2) is 5.91 Å². The van der Waals surface area contributed by atoms with Crippen molar-refractivity contribution in [1.82, 2.24) is 0 Å². The number of carbonyl (C=O) groups excluding carboxylic acids is 1. The number of hydrogen-bond donors (Lipinski definition) is 1. The van der Waals surface area contributed by atoms with Crippen LogP contribution in [0.25, 0.3) is 0 Å². The Morgan fingerprint density at radius 2 is 1.72 bits per heavy atom. The fourth-order valence-corrected chi connectivity index (χ4v) is 2.79. The first kappa shape index (κ1) is 17.3. The van der Waals surface area contributed by atoms with Gasteiger partial charge >= 0.3 is 0 Å². The summed E-state index contributed by atoms with van der Waals surface area (Å²) in [7, 11) is 0. The Hall–Kier alpha value is -2.49. The molecule has 3 aromatic rings. The highest BCUT2D eigenvalue weighted by Gasteiger charge is 2.14. The predicted molar refractivity (Wildman–Crippen MR) is 102 cm³/mol. The summed E-state index contributed by atoms with van der Waals surface area (Å²) in [4.78, 5) is 12.6. The number of nitrogens with one attached hydrogen (secondary N) is 1. The largest absolute Gasteiger partial charge is 0.455 e. The van der Waals surface area contributed by atoms with Gasteiger partial charge in [-0.25, -0.2) is 0 Å². The molecule has 0 aliphatic rings. The van der Waals surface area contributed by atoms with Gasteiger partial charge in [0.2, 0.25) is 0 Å². The van der Waals surface area contributed by atoms with Crippen molar-refractivity contribution in [2.24, 2.45) is 0 Å². The average Bonchev–Trinajstić information content (AvgIpc) is 2.58. The van der Waals surface area contributed by atoms with Crippen molar-refractivity contribution in [1.29, 1.82) is 0 Å². The Morgan fingerprint density at radius 3 is 2.44 bits per heavy atom. The van der Waals surface area contributed by atoms with Gasteiger partial charge < -0.3 is 10.1 Å². The van der Waals surface area contributed by atoms with Crippen molar-refractivity contribution in [3.8, 4) is 11.5 Å². The summed E-state index contributed by atoms with van der Waals surface area (Å²) in [6.45, 7) is 1.91. The maximum Gasteiger partial charge on any atom is 0.257 e. The van der Waals surface area contributed by atoms with E-state index < -0.39 is 0 Å². The Morgan fingerprint density at radius 1 is 0.960 bits per heavy atom. The second-order valence-electron chi connectivity index (χ2n) is 5.49. The van der Waals surface area contributed by atoms with Crippen LogP contribution in [-0.2, 0) is 0 Å². The first-order valence-electron chi connectivity index (χ1n) is 7.63. The van der Waals surface area contributed by atoms with Crippen LogP contribution in [0.5, 0.6) is 11.5 Å². The van der Waals surface area contributed by atoms with Crippen molar-refractivity contribution in [3.63, 3.8) is 0 Å². The average molecular weight is 372 g/mol. The van der Waals surface area contributed by atoms with Crippen molar-refractivity contribution in [2.45, 2.75) is 6.92 Å². The standard InChI is InChI=1S/C20H15Cl2NO2/c1-13-7-9-16(17(22)11-13)20(24)23-18-12-14(21)8-10-19(18)25-15-5-3-2-4-6-15/h2-12H,1H3,(H,23,24). The molecule has 0 saturated heterocycles. The maximum absolute atomic E-state index is 12.6. The number of benzene rings is 3. The molecule has 3 nitrogen and oxygen atoms in total. The minimum atomic E-state index is -0.329. The Bertz CT molecular complexity index is 911. The van der Waals surface area contributed by atoms with Gasteiger partial charge in [-0.1, -0.05) is 47.5 Å². The number of carbonyl (C=O) groups is 1. The van der Waals surface area contributed by atoms with Crippen molar-refractivity contribution >= 4 is 34.8 Å². The van der Waals surface area contributed by atoms with Crippen LogP contribution in [0.15, 0.2) is 66.7 Å². The molecule has 126 valence electrons. The molecule has 1 N–H and O–H groups in total. The van der Waals surface area contributed by atoms with Crippen LogP contribution in [0.4, 0.5) is 5.69 Å². The van der Waals surface area contributed by atoms with Crippen LogP contribution < -0.4 is 10.1 Å². The number of para-hydroxylation sites is 1. The third kappa shape index (κ3) is 4.32. The molecule has 0 radical (unpaired) electrons. The van der Waals surface area contributed by atoms with Crippen LogP contribution >= 0.6 is 23.2 Å². The molecule has 0 spiro atoms. The molecule has 1 amide bonds. The summed E-state index contributed by atoms with van der Waals surface area (Å²) in [5.41, 5.74) is 1.84. The number of rotatable bonds is 4. The molecule has 25 heavy (non-hydrogen) atoms. The summed E-state index contributed by atoms with van der Waals surface area (Å²) in [5.74, 6) is 0.825. The number of hydrogen-bond acceptors (Lipinski definition) is 2. The van der Waals surface area contributed by atoms with Crippen molar-refractivity contribution < 1.29 is 9.53 Å². The van der Waals surface area contributed by atoms with E-state index in [9.17, 15) is 4.79 Å². The summed E-state index contributed by atoms with van der Waals surface area (Å²) >= 11 is 12.2. The second kappa shape index (κ2) is 7.60. The first-order chi connectivity index (χ1) is 12.0. The molecule has 0 bridgehead atoms. The number of ether oxygens (including phenoxy) is 1.